The first-order chi connectivity index (χ1) is 9.49. The summed E-state index contributed by atoms with van der Waals surface area (Å²) in [7, 11) is 0. The standard InChI is InChI=1S/C13H15N3O4/c14-8-3-1-2-4-11(18)16(12(19)7-8)9-5-6-10(17)15-13(9)20/h1-3,9H,4-7,14H2,(H,15,17,20)/b2-1-,8-3+. The van der Waals surface area contributed by atoms with Gasteiger partial charge >= 0.3 is 0 Å². The Morgan fingerprint density at radius 1 is 1.20 bits per heavy atom. The Kier molecular flexibility index (Phi) is 3.97. The molecule has 2 aliphatic rings. The summed E-state index contributed by atoms with van der Waals surface area (Å²) in [5.74, 6) is -2.01. The van der Waals surface area contributed by atoms with Crippen LogP contribution in [0.15, 0.2) is 23.9 Å². The van der Waals surface area contributed by atoms with Crippen LogP contribution in [0.25, 0.3) is 0 Å². The van der Waals surface area contributed by atoms with E-state index in [0.717, 1.165) is 4.90 Å². The third-order valence-corrected chi connectivity index (χ3v) is 3.15. The molecule has 0 aromatic carbocycles. The minimum atomic E-state index is -0.938. The van der Waals surface area contributed by atoms with Gasteiger partial charge in [-0.15, -0.1) is 0 Å². The van der Waals surface area contributed by atoms with E-state index >= 15 is 0 Å². The second-order valence-corrected chi connectivity index (χ2v) is 4.68. The van der Waals surface area contributed by atoms with Crippen LogP contribution in [0.2, 0.25) is 0 Å². The smallest absolute Gasteiger partial charge is 0.249 e. The number of allylic oxidation sites excluding steroid dienone is 2. The zero-order chi connectivity index (χ0) is 14.7. The molecule has 2 rings (SSSR count). The van der Waals surface area contributed by atoms with Crippen molar-refractivity contribution in [3.05, 3.63) is 23.9 Å². The minimum Gasteiger partial charge on any atom is -0.402 e. The Labute approximate surface area is 115 Å². The van der Waals surface area contributed by atoms with Crippen molar-refractivity contribution in [2.75, 3.05) is 0 Å². The SMILES string of the molecule is N/C1=C/C=C\CC(=O)N(C2CCC(=O)NC2=O)C(=O)C1. The molecular formula is C13H15N3O4. The number of imide groups is 2. The number of nitrogens with zero attached hydrogens (tertiary/aromatic N) is 1. The summed E-state index contributed by atoms with van der Waals surface area (Å²) < 4.78 is 0. The topological polar surface area (TPSA) is 110 Å². The highest BCUT2D eigenvalue weighted by Gasteiger charge is 2.37. The van der Waals surface area contributed by atoms with E-state index in [4.69, 9.17) is 5.73 Å². The van der Waals surface area contributed by atoms with Gasteiger partial charge in [0.15, 0.2) is 0 Å². The number of carbonyl (C=O) groups is 4. The number of rotatable bonds is 1. The zero-order valence-corrected chi connectivity index (χ0v) is 10.8. The van der Waals surface area contributed by atoms with E-state index in [9.17, 15) is 19.2 Å². The lowest BCUT2D eigenvalue weighted by Gasteiger charge is -2.31. The van der Waals surface area contributed by atoms with Crippen LogP contribution in [0.3, 0.4) is 0 Å². The molecule has 1 atom stereocenters. The van der Waals surface area contributed by atoms with E-state index in [1.807, 2.05) is 0 Å². The highest BCUT2D eigenvalue weighted by molar-refractivity contribution is 6.06. The van der Waals surface area contributed by atoms with Gasteiger partial charge in [-0.2, -0.15) is 0 Å². The first-order valence-corrected chi connectivity index (χ1v) is 6.29. The van der Waals surface area contributed by atoms with Gasteiger partial charge in [-0.1, -0.05) is 12.2 Å². The monoisotopic (exact) mass is 277 g/mol. The van der Waals surface area contributed by atoms with Crippen molar-refractivity contribution in [3.63, 3.8) is 0 Å². The maximum Gasteiger partial charge on any atom is 0.249 e. The molecule has 7 heteroatoms. The molecule has 0 aromatic rings. The number of hydrogen-bond acceptors (Lipinski definition) is 5. The second-order valence-electron chi connectivity index (χ2n) is 4.68. The number of carbonyl (C=O) groups excluding carboxylic acids is 4. The molecule has 1 unspecified atom stereocenters. The maximum absolute atomic E-state index is 12.2. The van der Waals surface area contributed by atoms with Gasteiger partial charge < -0.3 is 5.73 Å². The van der Waals surface area contributed by atoms with Gasteiger partial charge in [0, 0.05) is 18.5 Å². The highest BCUT2D eigenvalue weighted by atomic mass is 16.2. The molecule has 20 heavy (non-hydrogen) atoms. The molecule has 0 spiro atoms. The highest BCUT2D eigenvalue weighted by Crippen LogP contribution is 2.17. The van der Waals surface area contributed by atoms with E-state index in [2.05, 4.69) is 5.32 Å². The van der Waals surface area contributed by atoms with E-state index in [1.54, 1.807) is 18.2 Å². The normalized spacial score (nSPS) is 28.9. The van der Waals surface area contributed by atoms with Crippen LogP contribution in [-0.2, 0) is 19.2 Å². The fourth-order valence-corrected chi connectivity index (χ4v) is 2.19. The van der Waals surface area contributed by atoms with Gasteiger partial charge in [0.2, 0.25) is 23.6 Å². The summed E-state index contributed by atoms with van der Waals surface area (Å²) in [4.78, 5) is 48.1. The molecule has 3 N–H and O–H groups in total. The van der Waals surface area contributed by atoms with Crippen LogP contribution in [0.4, 0.5) is 0 Å². The van der Waals surface area contributed by atoms with Gasteiger partial charge in [0.25, 0.3) is 0 Å². The Morgan fingerprint density at radius 2 is 1.95 bits per heavy atom. The van der Waals surface area contributed by atoms with Crippen LogP contribution in [0.5, 0.6) is 0 Å². The predicted molar refractivity (Wildman–Crippen MR) is 68.7 cm³/mol. The van der Waals surface area contributed by atoms with E-state index in [-0.39, 0.29) is 25.7 Å². The van der Waals surface area contributed by atoms with Gasteiger partial charge in [-0.05, 0) is 12.5 Å². The van der Waals surface area contributed by atoms with Crippen molar-refractivity contribution in [1.29, 1.82) is 0 Å². The molecule has 0 saturated carbocycles. The molecule has 0 aliphatic carbocycles. The first kappa shape index (κ1) is 14.0. The summed E-state index contributed by atoms with van der Waals surface area (Å²) in [6.07, 6.45) is 4.87. The first-order valence-electron chi connectivity index (χ1n) is 6.29. The van der Waals surface area contributed by atoms with Crippen LogP contribution in [0.1, 0.15) is 25.7 Å². The van der Waals surface area contributed by atoms with Gasteiger partial charge in [-0.3, -0.25) is 29.4 Å². The van der Waals surface area contributed by atoms with Crippen molar-refractivity contribution in [1.82, 2.24) is 10.2 Å². The molecule has 106 valence electrons. The lowest BCUT2D eigenvalue weighted by Crippen LogP contribution is -2.56. The Hall–Kier alpha value is -2.44. The molecule has 1 fully saturated rings. The maximum atomic E-state index is 12.2. The summed E-state index contributed by atoms with van der Waals surface area (Å²) in [6.45, 7) is 0. The van der Waals surface area contributed by atoms with E-state index < -0.39 is 29.7 Å². The van der Waals surface area contributed by atoms with Crippen molar-refractivity contribution in [3.8, 4) is 0 Å². The van der Waals surface area contributed by atoms with Crippen molar-refractivity contribution in [2.45, 2.75) is 31.7 Å². The Bertz CT molecular complexity index is 536. The number of nitrogens with two attached hydrogens (primary N) is 1. The van der Waals surface area contributed by atoms with Gasteiger partial charge in [0.1, 0.15) is 6.04 Å². The molecule has 7 nitrogen and oxygen atoms in total. The number of nitrogens with one attached hydrogen (secondary N) is 1. The molecule has 0 aromatic heterocycles. The molecule has 4 amide bonds. The van der Waals surface area contributed by atoms with Crippen molar-refractivity contribution >= 4 is 23.6 Å². The van der Waals surface area contributed by atoms with Gasteiger partial charge in [-0.25, -0.2) is 0 Å². The lowest BCUT2D eigenvalue weighted by molar-refractivity contribution is -0.154. The fourth-order valence-electron chi connectivity index (χ4n) is 2.19. The van der Waals surface area contributed by atoms with Crippen molar-refractivity contribution in [2.24, 2.45) is 5.73 Å². The summed E-state index contributed by atoms with van der Waals surface area (Å²) in [5, 5.41) is 2.14. The third kappa shape index (κ3) is 2.93. The van der Waals surface area contributed by atoms with Crippen molar-refractivity contribution < 1.29 is 19.2 Å². The second kappa shape index (κ2) is 5.68. The minimum absolute atomic E-state index is 0.00719. The molecular weight excluding hydrogens is 262 g/mol. The number of amides is 4. The van der Waals surface area contributed by atoms with Crippen LogP contribution in [0, 0.1) is 0 Å². The molecule has 1 saturated heterocycles. The third-order valence-electron chi connectivity index (χ3n) is 3.15. The average Bonchev–Trinajstić information content (AvgIpc) is 2.42. The lowest BCUT2D eigenvalue weighted by atomic mass is 10.0. The van der Waals surface area contributed by atoms with E-state index in [0.29, 0.717) is 5.70 Å². The number of hydrogen-bond donors (Lipinski definition) is 2. The summed E-state index contributed by atoms with van der Waals surface area (Å²) in [6, 6.07) is -0.938. The van der Waals surface area contributed by atoms with Gasteiger partial charge in [0.05, 0.1) is 6.42 Å². The molecule has 0 radical (unpaired) electrons. The predicted octanol–water partition coefficient (Wildman–Crippen LogP) is -0.661. The largest absolute Gasteiger partial charge is 0.402 e. The zero-order valence-electron chi connectivity index (χ0n) is 10.8. The molecule has 2 heterocycles. The summed E-state index contributed by atoms with van der Waals surface area (Å²) in [5.41, 5.74) is 5.97. The fraction of sp³-hybridized carbons (Fsp3) is 0.385. The average molecular weight is 277 g/mol. The Balaban J connectivity index is 2.26. The number of piperidine rings is 1. The molecule has 0 bridgehead atoms. The van der Waals surface area contributed by atoms with E-state index in [1.165, 1.54) is 0 Å². The van der Waals surface area contributed by atoms with Crippen LogP contribution >= 0.6 is 0 Å². The van der Waals surface area contributed by atoms with Crippen LogP contribution in [-0.4, -0.2) is 34.6 Å². The van der Waals surface area contributed by atoms with Crippen LogP contribution < -0.4 is 11.1 Å². The Morgan fingerprint density at radius 3 is 2.65 bits per heavy atom. The summed E-state index contributed by atoms with van der Waals surface area (Å²) >= 11 is 0. The quantitative estimate of drug-likeness (QED) is 0.618. The molecule has 2 aliphatic heterocycles.